The molecule has 7 heteroatoms. The Morgan fingerprint density at radius 2 is 1.29 bits per heavy atom. The summed E-state index contributed by atoms with van der Waals surface area (Å²) in [5.74, 6) is 0. The average molecular weight is 253 g/mol. The smallest absolute Gasteiger partial charge is 0.129 e. The Hall–Kier alpha value is -0.280. The molecular weight excluding hydrogens is 230 g/mol. The first-order valence-corrected chi connectivity index (χ1v) is 5.63. The van der Waals surface area contributed by atoms with E-state index in [9.17, 15) is 0 Å². The van der Waals surface area contributed by atoms with Gasteiger partial charge < -0.3 is 34.9 Å². The topological polar surface area (TPSA) is 103 Å². The van der Waals surface area contributed by atoms with Gasteiger partial charge in [-0.05, 0) is 0 Å². The van der Waals surface area contributed by atoms with Crippen LogP contribution in [0.2, 0.25) is 0 Å². The molecule has 17 heavy (non-hydrogen) atoms. The van der Waals surface area contributed by atoms with E-state index in [1.165, 1.54) is 0 Å². The second kappa shape index (κ2) is 13.8. The summed E-state index contributed by atoms with van der Waals surface area (Å²) < 4.78 is 20.3. The van der Waals surface area contributed by atoms with Crippen LogP contribution >= 0.6 is 0 Å². The standard InChI is InChI=1S/C10H23NO6/c11-10(9-16-4-2-13)17-8-7-15-6-5-14-3-1-12/h10,12-13H,1-9,11H2/t10-/m1/s1. The third kappa shape index (κ3) is 13.7. The van der Waals surface area contributed by atoms with Crippen molar-refractivity contribution < 1.29 is 29.2 Å². The summed E-state index contributed by atoms with van der Waals surface area (Å²) in [4.78, 5) is 0. The van der Waals surface area contributed by atoms with E-state index in [0.717, 1.165) is 0 Å². The molecule has 0 rings (SSSR count). The van der Waals surface area contributed by atoms with Gasteiger partial charge in [0.05, 0.1) is 59.5 Å². The molecule has 0 spiro atoms. The van der Waals surface area contributed by atoms with Gasteiger partial charge in [0, 0.05) is 0 Å². The van der Waals surface area contributed by atoms with E-state index in [2.05, 4.69) is 0 Å². The van der Waals surface area contributed by atoms with Gasteiger partial charge in [0.25, 0.3) is 0 Å². The van der Waals surface area contributed by atoms with Crippen LogP contribution in [0.1, 0.15) is 0 Å². The summed E-state index contributed by atoms with van der Waals surface area (Å²) >= 11 is 0. The SMILES string of the molecule is N[C@@H](COCCO)OCCOCCOCCO. The molecular formula is C10H23NO6. The molecule has 1 atom stereocenters. The van der Waals surface area contributed by atoms with Crippen molar-refractivity contribution >= 4 is 0 Å². The first kappa shape index (κ1) is 16.7. The number of aliphatic hydroxyl groups excluding tert-OH is 2. The van der Waals surface area contributed by atoms with Crippen LogP contribution in [0, 0.1) is 0 Å². The van der Waals surface area contributed by atoms with E-state index in [1.54, 1.807) is 0 Å². The molecule has 4 N–H and O–H groups in total. The monoisotopic (exact) mass is 253 g/mol. The molecule has 7 nitrogen and oxygen atoms in total. The van der Waals surface area contributed by atoms with Crippen molar-refractivity contribution in [3.8, 4) is 0 Å². The van der Waals surface area contributed by atoms with Crippen molar-refractivity contribution in [2.75, 3.05) is 59.5 Å². The summed E-state index contributed by atoms with van der Waals surface area (Å²) in [6, 6.07) is 0. The van der Waals surface area contributed by atoms with E-state index in [1.807, 2.05) is 0 Å². The van der Waals surface area contributed by atoms with Crippen molar-refractivity contribution in [1.82, 2.24) is 0 Å². The highest BCUT2D eigenvalue weighted by atomic mass is 16.6. The molecule has 0 heterocycles. The van der Waals surface area contributed by atoms with Crippen molar-refractivity contribution in [3.63, 3.8) is 0 Å². The van der Waals surface area contributed by atoms with Gasteiger partial charge in [0.15, 0.2) is 0 Å². The fraction of sp³-hybridized carbons (Fsp3) is 1.00. The molecule has 0 fully saturated rings. The molecule has 104 valence electrons. The minimum atomic E-state index is -0.504. The number of hydrogen-bond donors (Lipinski definition) is 3. The Bertz CT molecular complexity index is 149. The lowest BCUT2D eigenvalue weighted by Crippen LogP contribution is -2.31. The summed E-state index contributed by atoms with van der Waals surface area (Å²) in [7, 11) is 0. The van der Waals surface area contributed by atoms with E-state index >= 15 is 0 Å². The zero-order valence-electron chi connectivity index (χ0n) is 10.0. The fourth-order valence-corrected chi connectivity index (χ4v) is 0.957. The summed E-state index contributed by atoms with van der Waals surface area (Å²) in [6.45, 7) is 2.55. The highest BCUT2D eigenvalue weighted by molar-refractivity contribution is 4.45. The first-order valence-electron chi connectivity index (χ1n) is 5.63. The van der Waals surface area contributed by atoms with Crippen LogP contribution < -0.4 is 5.73 Å². The summed E-state index contributed by atoms with van der Waals surface area (Å²) in [6.07, 6.45) is -0.504. The van der Waals surface area contributed by atoms with Crippen LogP contribution in [0.4, 0.5) is 0 Å². The van der Waals surface area contributed by atoms with Gasteiger partial charge in [-0.2, -0.15) is 0 Å². The zero-order chi connectivity index (χ0) is 12.8. The molecule has 0 amide bonds. The van der Waals surface area contributed by atoms with Crippen molar-refractivity contribution in [1.29, 1.82) is 0 Å². The molecule has 0 aromatic carbocycles. The second-order valence-electron chi connectivity index (χ2n) is 3.16. The van der Waals surface area contributed by atoms with Crippen molar-refractivity contribution in [3.05, 3.63) is 0 Å². The van der Waals surface area contributed by atoms with Gasteiger partial charge in [-0.3, -0.25) is 0 Å². The normalized spacial score (nSPS) is 12.9. The fourth-order valence-electron chi connectivity index (χ4n) is 0.957. The van der Waals surface area contributed by atoms with Crippen LogP contribution in [0.15, 0.2) is 0 Å². The largest absolute Gasteiger partial charge is 0.394 e. The van der Waals surface area contributed by atoms with E-state index < -0.39 is 6.23 Å². The highest BCUT2D eigenvalue weighted by Gasteiger charge is 2.01. The lowest BCUT2D eigenvalue weighted by Gasteiger charge is -2.13. The Morgan fingerprint density at radius 3 is 1.94 bits per heavy atom. The molecule has 0 bridgehead atoms. The Kier molecular flexibility index (Phi) is 13.6. The maximum absolute atomic E-state index is 8.46. The second-order valence-corrected chi connectivity index (χ2v) is 3.16. The molecule has 0 aliphatic carbocycles. The van der Waals surface area contributed by atoms with Gasteiger partial charge in [-0.1, -0.05) is 0 Å². The quantitative estimate of drug-likeness (QED) is 0.266. The Balaban J connectivity index is 3.05. The van der Waals surface area contributed by atoms with Crippen LogP contribution in [0.3, 0.4) is 0 Å². The summed E-state index contributed by atoms with van der Waals surface area (Å²) in [5, 5.41) is 16.9. The zero-order valence-corrected chi connectivity index (χ0v) is 10.0. The Labute approximate surface area is 101 Å². The van der Waals surface area contributed by atoms with Crippen molar-refractivity contribution in [2.45, 2.75) is 6.23 Å². The van der Waals surface area contributed by atoms with Crippen LogP contribution in [-0.2, 0) is 18.9 Å². The number of hydrogen-bond acceptors (Lipinski definition) is 7. The van der Waals surface area contributed by atoms with Crippen LogP contribution in [0.25, 0.3) is 0 Å². The van der Waals surface area contributed by atoms with E-state index in [-0.39, 0.29) is 26.4 Å². The summed E-state index contributed by atoms with van der Waals surface area (Å²) in [5.41, 5.74) is 5.56. The van der Waals surface area contributed by atoms with Gasteiger partial charge >= 0.3 is 0 Å². The highest BCUT2D eigenvalue weighted by Crippen LogP contribution is 1.87. The van der Waals surface area contributed by atoms with Crippen LogP contribution in [-0.4, -0.2) is 75.9 Å². The van der Waals surface area contributed by atoms with Crippen molar-refractivity contribution in [2.24, 2.45) is 5.73 Å². The van der Waals surface area contributed by atoms with Gasteiger partial charge in [-0.25, -0.2) is 0 Å². The molecule has 0 aromatic heterocycles. The molecule has 0 aliphatic heterocycles. The third-order valence-electron chi connectivity index (χ3n) is 1.68. The molecule has 0 aliphatic rings. The molecule has 0 radical (unpaired) electrons. The van der Waals surface area contributed by atoms with E-state index in [0.29, 0.717) is 33.0 Å². The van der Waals surface area contributed by atoms with Gasteiger partial charge in [-0.15, -0.1) is 0 Å². The average Bonchev–Trinajstić information content (AvgIpc) is 2.33. The molecule has 0 aromatic rings. The minimum absolute atomic E-state index is 0.0196. The number of ether oxygens (including phenoxy) is 4. The van der Waals surface area contributed by atoms with E-state index in [4.69, 9.17) is 34.9 Å². The molecule has 0 unspecified atom stereocenters. The van der Waals surface area contributed by atoms with Crippen LogP contribution in [0.5, 0.6) is 0 Å². The first-order chi connectivity index (χ1) is 8.31. The Morgan fingerprint density at radius 1 is 0.765 bits per heavy atom. The lowest BCUT2D eigenvalue weighted by atomic mass is 10.6. The number of aliphatic hydroxyl groups is 2. The number of nitrogens with two attached hydrogens (primary N) is 1. The lowest BCUT2D eigenvalue weighted by molar-refractivity contribution is -0.0458. The van der Waals surface area contributed by atoms with Gasteiger partial charge in [0.2, 0.25) is 0 Å². The number of rotatable bonds is 13. The predicted molar refractivity (Wildman–Crippen MR) is 60.6 cm³/mol. The third-order valence-corrected chi connectivity index (χ3v) is 1.68. The maximum Gasteiger partial charge on any atom is 0.129 e. The molecule has 0 saturated heterocycles. The minimum Gasteiger partial charge on any atom is -0.394 e. The molecule has 0 saturated carbocycles. The predicted octanol–water partition coefficient (Wildman–Crippen LogP) is -1.68. The van der Waals surface area contributed by atoms with Gasteiger partial charge in [0.1, 0.15) is 6.23 Å². The maximum atomic E-state index is 8.46.